The van der Waals surface area contributed by atoms with Gasteiger partial charge in [0.15, 0.2) is 0 Å². The Morgan fingerprint density at radius 2 is 2.17 bits per heavy atom. The lowest BCUT2D eigenvalue weighted by atomic mass is 10.1. The minimum Gasteiger partial charge on any atom is -0.480 e. The summed E-state index contributed by atoms with van der Waals surface area (Å²) in [6, 6.07) is 0. The highest BCUT2D eigenvalue weighted by atomic mass is 32.2. The number of carbonyl (C=O) groups is 1. The first-order valence-electron chi connectivity index (χ1n) is 4.07. The molecule has 0 aliphatic heterocycles. The van der Waals surface area contributed by atoms with Crippen molar-refractivity contribution in [2.24, 2.45) is 0 Å². The van der Waals surface area contributed by atoms with E-state index in [-0.39, 0.29) is 0 Å². The van der Waals surface area contributed by atoms with Gasteiger partial charge >= 0.3 is 5.97 Å². The molecule has 4 heteroatoms. The standard InChI is InChI=1S/C8H17NO2S/c1-4-12-6-5-9-8(2,3)7(10)11/h9H,4-6H2,1-3H3,(H,10,11). The van der Waals surface area contributed by atoms with E-state index in [2.05, 4.69) is 12.2 Å². The first-order chi connectivity index (χ1) is 5.50. The summed E-state index contributed by atoms with van der Waals surface area (Å²) in [4.78, 5) is 10.6. The van der Waals surface area contributed by atoms with Gasteiger partial charge in [-0.2, -0.15) is 11.8 Å². The van der Waals surface area contributed by atoms with Crippen LogP contribution in [0.3, 0.4) is 0 Å². The van der Waals surface area contributed by atoms with Gasteiger partial charge in [0, 0.05) is 12.3 Å². The second-order valence-corrected chi connectivity index (χ2v) is 4.45. The Kier molecular flexibility index (Phi) is 5.33. The number of hydrogen-bond donors (Lipinski definition) is 2. The first kappa shape index (κ1) is 11.8. The Balaban J connectivity index is 3.54. The fourth-order valence-corrected chi connectivity index (χ4v) is 1.19. The Morgan fingerprint density at radius 3 is 2.58 bits per heavy atom. The van der Waals surface area contributed by atoms with Gasteiger partial charge in [-0.05, 0) is 19.6 Å². The summed E-state index contributed by atoms with van der Waals surface area (Å²) in [6.45, 7) is 6.18. The van der Waals surface area contributed by atoms with E-state index in [4.69, 9.17) is 5.11 Å². The van der Waals surface area contributed by atoms with Crippen LogP contribution in [0.2, 0.25) is 0 Å². The zero-order valence-corrected chi connectivity index (χ0v) is 8.70. The molecule has 0 aliphatic carbocycles. The highest BCUT2D eigenvalue weighted by molar-refractivity contribution is 7.99. The molecule has 0 spiro atoms. The summed E-state index contributed by atoms with van der Waals surface area (Å²) in [7, 11) is 0. The molecule has 3 nitrogen and oxygen atoms in total. The third kappa shape index (κ3) is 4.62. The lowest BCUT2D eigenvalue weighted by Crippen LogP contribution is -2.47. The predicted octanol–water partition coefficient (Wildman–Crippen LogP) is 1.19. The normalized spacial score (nSPS) is 11.6. The van der Waals surface area contributed by atoms with Gasteiger partial charge in [-0.15, -0.1) is 0 Å². The molecule has 0 aromatic heterocycles. The summed E-state index contributed by atoms with van der Waals surface area (Å²) in [6.07, 6.45) is 0. The van der Waals surface area contributed by atoms with Crippen molar-refractivity contribution < 1.29 is 9.90 Å². The van der Waals surface area contributed by atoms with E-state index in [1.807, 2.05) is 0 Å². The predicted molar refractivity (Wildman–Crippen MR) is 52.7 cm³/mol. The van der Waals surface area contributed by atoms with Gasteiger partial charge in [0.2, 0.25) is 0 Å². The Morgan fingerprint density at radius 1 is 1.58 bits per heavy atom. The Bertz CT molecular complexity index is 148. The van der Waals surface area contributed by atoms with Crippen molar-refractivity contribution >= 4 is 17.7 Å². The van der Waals surface area contributed by atoms with Crippen LogP contribution in [-0.4, -0.2) is 34.7 Å². The summed E-state index contributed by atoms with van der Waals surface area (Å²) in [5, 5.41) is 11.7. The van der Waals surface area contributed by atoms with Crippen molar-refractivity contribution in [2.75, 3.05) is 18.1 Å². The van der Waals surface area contributed by atoms with Gasteiger partial charge in [-0.1, -0.05) is 6.92 Å². The molecule has 0 atom stereocenters. The first-order valence-corrected chi connectivity index (χ1v) is 5.22. The zero-order chi connectivity index (χ0) is 9.61. The molecule has 0 radical (unpaired) electrons. The molecule has 0 amide bonds. The fraction of sp³-hybridized carbons (Fsp3) is 0.875. The van der Waals surface area contributed by atoms with Crippen LogP contribution >= 0.6 is 11.8 Å². The maximum Gasteiger partial charge on any atom is 0.323 e. The highest BCUT2D eigenvalue weighted by Crippen LogP contribution is 2.02. The van der Waals surface area contributed by atoms with Gasteiger partial charge < -0.3 is 10.4 Å². The van der Waals surface area contributed by atoms with Crippen molar-refractivity contribution in [2.45, 2.75) is 26.3 Å². The molecule has 12 heavy (non-hydrogen) atoms. The Hall–Kier alpha value is -0.220. The topological polar surface area (TPSA) is 49.3 Å². The highest BCUT2D eigenvalue weighted by Gasteiger charge is 2.25. The number of carboxylic acid groups (broad SMARTS) is 1. The molecule has 0 heterocycles. The number of thioether (sulfide) groups is 1. The van der Waals surface area contributed by atoms with Gasteiger partial charge in [0.25, 0.3) is 0 Å². The molecule has 0 unspecified atom stereocenters. The van der Waals surface area contributed by atoms with Crippen molar-refractivity contribution in [1.29, 1.82) is 0 Å². The number of hydrogen-bond acceptors (Lipinski definition) is 3. The number of aliphatic carboxylic acids is 1. The molecule has 0 fully saturated rings. The number of nitrogens with one attached hydrogen (secondary N) is 1. The van der Waals surface area contributed by atoms with Crippen molar-refractivity contribution in [3.63, 3.8) is 0 Å². The van der Waals surface area contributed by atoms with Crippen LogP contribution < -0.4 is 5.32 Å². The average Bonchev–Trinajstić information content (AvgIpc) is 1.98. The van der Waals surface area contributed by atoms with E-state index in [9.17, 15) is 4.79 Å². The van der Waals surface area contributed by atoms with Crippen molar-refractivity contribution in [3.05, 3.63) is 0 Å². The second-order valence-electron chi connectivity index (χ2n) is 3.05. The van der Waals surface area contributed by atoms with Gasteiger partial charge in [0.05, 0.1) is 0 Å². The third-order valence-corrected chi connectivity index (χ3v) is 2.45. The molecule has 0 bridgehead atoms. The maximum atomic E-state index is 10.6. The summed E-state index contributed by atoms with van der Waals surface area (Å²) < 4.78 is 0. The van der Waals surface area contributed by atoms with E-state index in [1.54, 1.807) is 25.6 Å². The molecular weight excluding hydrogens is 174 g/mol. The second kappa shape index (κ2) is 5.43. The van der Waals surface area contributed by atoms with Crippen LogP contribution in [0, 0.1) is 0 Å². The molecular formula is C8H17NO2S. The van der Waals surface area contributed by atoms with Crippen LogP contribution in [0.1, 0.15) is 20.8 Å². The lowest BCUT2D eigenvalue weighted by Gasteiger charge is -2.20. The summed E-state index contributed by atoms with van der Waals surface area (Å²) >= 11 is 1.81. The van der Waals surface area contributed by atoms with Crippen LogP contribution in [0.4, 0.5) is 0 Å². The summed E-state index contributed by atoms with van der Waals surface area (Å²) in [5.41, 5.74) is -0.797. The molecule has 0 aromatic carbocycles. The fourth-order valence-electron chi connectivity index (χ4n) is 0.656. The van der Waals surface area contributed by atoms with Crippen molar-refractivity contribution in [3.8, 4) is 0 Å². The van der Waals surface area contributed by atoms with E-state index in [0.717, 1.165) is 18.1 Å². The monoisotopic (exact) mass is 191 g/mol. The van der Waals surface area contributed by atoms with E-state index in [1.165, 1.54) is 0 Å². The minimum absolute atomic E-state index is 0.748. The minimum atomic E-state index is -0.802. The van der Waals surface area contributed by atoms with E-state index < -0.39 is 11.5 Å². The van der Waals surface area contributed by atoms with Crippen LogP contribution in [0.15, 0.2) is 0 Å². The van der Waals surface area contributed by atoms with Crippen molar-refractivity contribution in [1.82, 2.24) is 5.32 Å². The largest absolute Gasteiger partial charge is 0.480 e. The molecule has 0 aromatic rings. The van der Waals surface area contributed by atoms with Gasteiger partial charge in [-0.25, -0.2) is 0 Å². The summed E-state index contributed by atoms with van der Waals surface area (Å²) in [5.74, 6) is 1.24. The SMILES string of the molecule is CCSCCNC(C)(C)C(=O)O. The average molecular weight is 191 g/mol. The smallest absolute Gasteiger partial charge is 0.323 e. The molecule has 2 N–H and O–H groups in total. The maximum absolute atomic E-state index is 10.6. The number of rotatable bonds is 6. The third-order valence-electron chi connectivity index (χ3n) is 1.55. The van der Waals surface area contributed by atoms with Crippen LogP contribution in [-0.2, 0) is 4.79 Å². The lowest BCUT2D eigenvalue weighted by molar-refractivity contribution is -0.143. The van der Waals surface area contributed by atoms with Crippen LogP contribution in [0.25, 0.3) is 0 Å². The zero-order valence-electron chi connectivity index (χ0n) is 7.89. The molecule has 0 rings (SSSR count). The Labute approximate surface area is 77.9 Å². The molecule has 0 saturated carbocycles. The van der Waals surface area contributed by atoms with Gasteiger partial charge in [0.1, 0.15) is 5.54 Å². The van der Waals surface area contributed by atoms with E-state index >= 15 is 0 Å². The van der Waals surface area contributed by atoms with Gasteiger partial charge in [-0.3, -0.25) is 4.79 Å². The van der Waals surface area contributed by atoms with Crippen LogP contribution in [0.5, 0.6) is 0 Å². The molecule has 0 saturated heterocycles. The number of carboxylic acids is 1. The molecule has 72 valence electrons. The molecule has 0 aliphatic rings. The quantitative estimate of drug-likeness (QED) is 0.619. The van der Waals surface area contributed by atoms with E-state index in [0.29, 0.717) is 0 Å².